The van der Waals surface area contributed by atoms with Crippen LogP contribution in [0.3, 0.4) is 0 Å². The van der Waals surface area contributed by atoms with Crippen LogP contribution >= 0.6 is 0 Å². The molecule has 0 bridgehead atoms. The summed E-state index contributed by atoms with van der Waals surface area (Å²) in [7, 11) is 1.56. The number of hydrogen-bond acceptors (Lipinski definition) is 3. The minimum absolute atomic E-state index is 0.0572. The molecule has 0 saturated heterocycles. The molecule has 2 aromatic rings. The van der Waals surface area contributed by atoms with Crippen molar-refractivity contribution in [3.05, 3.63) is 65.2 Å². The van der Waals surface area contributed by atoms with Gasteiger partial charge >= 0.3 is 0 Å². The molecule has 1 saturated carbocycles. The van der Waals surface area contributed by atoms with Gasteiger partial charge in [-0.15, -0.1) is 0 Å². The SMILES string of the molecule is CCc1ccc(C(=O)NC2(C(=O)c3ccccc3OC)CCCCC2)cc1. The van der Waals surface area contributed by atoms with E-state index in [1.165, 1.54) is 5.56 Å². The van der Waals surface area contributed by atoms with Crippen LogP contribution in [0.5, 0.6) is 5.75 Å². The Morgan fingerprint density at radius 2 is 1.67 bits per heavy atom. The number of hydrogen-bond donors (Lipinski definition) is 1. The lowest BCUT2D eigenvalue weighted by Crippen LogP contribution is -2.55. The van der Waals surface area contributed by atoms with Gasteiger partial charge in [-0.1, -0.05) is 50.5 Å². The molecular formula is C23H27NO3. The molecule has 0 aromatic heterocycles. The van der Waals surface area contributed by atoms with Crippen molar-refractivity contribution < 1.29 is 14.3 Å². The van der Waals surface area contributed by atoms with Gasteiger partial charge < -0.3 is 10.1 Å². The number of rotatable bonds is 6. The van der Waals surface area contributed by atoms with Gasteiger partial charge in [-0.05, 0) is 49.1 Å². The standard InChI is InChI=1S/C23H27NO3/c1-3-17-11-13-18(14-12-17)22(26)24-23(15-7-4-8-16-23)21(25)19-9-5-6-10-20(19)27-2/h5-6,9-14H,3-4,7-8,15-16H2,1-2H3,(H,24,26). The summed E-state index contributed by atoms with van der Waals surface area (Å²) in [6.45, 7) is 2.08. The molecule has 4 nitrogen and oxygen atoms in total. The normalized spacial score (nSPS) is 15.8. The summed E-state index contributed by atoms with van der Waals surface area (Å²) in [5, 5.41) is 3.09. The Morgan fingerprint density at radius 3 is 2.30 bits per heavy atom. The molecule has 0 radical (unpaired) electrons. The van der Waals surface area contributed by atoms with Crippen molar-refractivity contribution >= 4 is 11.7 Å². The van der Waals surface area contributed by atoms with Crippen LogP contribution in [-0.4, -0.2) is 24.3 Å². The zero-order valence-corrected chi connectivity index (χ0v) is 16.1. The number of carbonyl (C=O) groups is 2. The van der Waals surface area contributed by atoms with E-state index in [0.29, 0.717) is 29.7 Å². The van der Waals surface area contributed by atoms with Crippen LogP contribution in [0.15, 0.2) is 48.5 Å². The van der Waals surface area contributed by atoms with Crippen molar-refractivity contribution in [2.75, 3.05) is 7.11 Å². The first kappa shape index (κ1) is 19.2. The lowest BCUT2D eigenvalue weighted by atomic mass is 9.76. The van der Waals surface area contributed by atoms with Crippen LogP contribution in [-0.2, 0) is 6.42 Å². The highest BCUT2D eigenvalue weighted by molar-refractivity contribution is 6.08. The first-order chi connectivity index (χ1) is 13.1. The Bertz CT molecular complexity index is 805. The Balaban J connectivity index is 1.90. The zero-order valence-electron chi connectivity index (χ0n) is 16.1. The summed E-state index contributed by atoms with van der Waals surface area (Å²) >= 11 is 0. The topological polar surface area (TPSA) is 55.4 Å². The highest BCUT2D eigenvalue weighted by Gasteiger charge is 2.42. The van der Waals surface area contributed by atoms with E-state index in [9.17, 15) is 9.59 Å². The maximum atomic E-state index is 13.5. The van der Waals surface area contributed by atoms with Gasteiger partial charge in [0, 0.05) is 5.56 Å². The van der Waals surface area contributed by atoms with Gasteiger partial charge in [0.15, 0.2) is 5.78 Å². The maximum Gasteiger partial charge on any atom is 0.252 e. The molecule has 0 unspecified atom stereocenters. The summed E-state index contributed by atoms with van der Waals surface area (Å²) in [5.74, 6) is 0.301. The quantitative estimate of drug-likeness (QED) is 0.763. The molecule has 27 heavy (non-hydrogen) atoms. The molecule has 1 fully saturated rings. The van der Waals surface area contributed by atoms with Gasteiger partial charge in [-0.3, -0.25) is 9.59 Å². The van der Waals surface area contributed by atoms with Crippen molar-refractivity contribution in [2.45, 2.75) is 51.0 Å². The Morgan fingerprint density at radius 1 is 1.00 bits per heavy atom. The average molecular weight is 365 g/mol. The molecule has 1 amide bonds. The second-order valence-corrected chi connectivity index (χ2v) is 7.18. The molecule has 1 N–H and O–H groups in total. The predicted octanol–water partition coefficient (Wildman–Crippen LogP) is 4.57. The summed E-state index contributed by atoms with van der Waals surface area (Å²) in [6.07, 6.45) is 5.18. The van der Waals surface area contributed by atoms with Crippen molar-refractivity contribution in [2.24, 2.45) is 0 Å². The van der Waals surface area contributed by atoms with E-state index in [4.69, 9.17) is 4.74 Å². The van der Waals surface area contributed by atoms with E-state index in [2.05, 4.69) is 12.2 Å². The van der Waals surface area contributed by atoms with Gasteiger partial charge in [0.05, 0.1) is 12.7 Å². The zero-order chi connectivity index (χ0) is 19.3. The number of para-hydroxylation sites is 1. The third-order valence-corrected chi connectivity index (χ3v) is 5.47. The number of Topliss-reactive ketones (excluding diaryl/α,β-unsaturated/α-hetero) is 1. The van der Waals surface area contributed by atoms with E-state index >= 15 is 0 Å². The van der Waals surface area contributed by atoms with E-state index in [-0.39, 0.29) is 11.7 Å². The van der Waals surface area contributed by atoms with E-state index in [1.54, 1.807) is 19.2 Å². The average Bonchev–Trinajstić information content (AvgIpc) is 2.73. The molecule has 0 spiro atoms. The number of nitrogens with one attached hydrogen (secondary N) is 1. The molecule has 1 aliphatic carbocycles. The van der Waals surface area contributed by atoms with Crippen molar-refractivity contribution in [1.82, 2.24) is 5.32 Å². The minimum Gasteiger partial charge on any atom is -0.496 e. The second-order valence-electron chi connectivity index (χ2n) is 7.18. The minimum atomic E-state index is -0.868. The molecule has 0 aliphatic heterocycles. The summed E-state index contributed by atoms with van der Waals surface area (Å²) in [5.41, 5.74) is 1.44. The largest absolute Gasteiger partial charge is 0.496 e. The van der Waals surface area contributed by atoms with Gasteiger partial charge in [-0.25, -0.2) is 0 Å². The third kappa shape index (κ3) is 4.05. The van der Waals surface area contributed by atoms with Crippen molar-refractivity contribution in [1.29, 1.82) is 0 Å². The van der Waals surface area contributed by atoms with Crippen LogP contribution in [0.25, 0.3) is 0 Å². The monoisotopic (exact) mass is 365 g/mol. The summed E-state index contributed by atoms with van der Waals surface area (Å²) < 4.78 is 5.38. The van der Waals surface area contributed by atoms with Gasteiger partial charge in [0.2, 0.25) is 0 Å². The lowest BCUT2D eigenvalue weighted by molar-refractivity contribution is 0.0711. The van der Waals surface area contributed by atoms with Crippen molar-refractivity contribution in [3.8, 4) is 5.75 Å². The summed E-state index contributed by atoms with van der Waals surface area (Å²) in [4.78, 5) is 26.4. The van der Waals surface area contributed by atoms with Crippen LogP contribution in [0.1, 0.15) is 65.3 Å². The molecule has 4 heteroatoms. The molecule has 2 aromatic carbocycles. The third-order valence-electron chi connectivity index (χ3n) is 5.47. The van der Waals surface area contributed by atoms with Crippen LogP contribution in [0.2, 0.25) is 0 Å². The molecule has 0 heterocycles. The fourth-order valence-corrected chi connectivity index (χ4v) is 3.84. The number of carbonyl (C=O) groups excluding carboxylic acids is 2. The molecule has 0 atom stereocenters. The lowest BCUT2D eigenvalue weighted by Gasteiger charge is -2.37. The Hall–Kier alpha value is -2.62. The number of amides is 1. The van der Waals surface area contributed by atoms with Crippen LogP contribution < -0.4 is 10.1 Å². The van der Waals surface area contributed by atoms with Crippen LogP contribution in [0.4, 0.5) is 0 Å². The van der Waals surface area contributed by atoms with Crippen LogP contribution in [0, 0.1) is 0 Å². The Labute approximate surface area is 160 Å². The fraction of sp³-hybridized carbons (Fsp3) is 0.391. The number of ketones is 1. The van der Waals surface area contributed by atoms with E-state index in [0.717, 1.165) is 25.7 Å². The highest BCUT2D eigenvalue weighted by atomic mass is 16.5. The first-order valence-electron chi connectivity index (χ1n) is 9.69. The number of benzene rings is 2. The highest BCUT2D eigenvalue weighted by Crippen LogP contribution is 2.34. The first-order valence-corrected chi connectivity index (χ1v) is 9.69. The molecule has 1 aliphatic rings. The summed E-state index contributed by atoms with van der Waals surface area (Å²) in [6, 6.07) is 14.8. The Kier molecular flexibility index (Phi) is 5.94. The molecule has 3 rings (SSSR count). The van der Waals surface area contributed by atoms with E-state index < -0.39 is 5.54 Å². The fourth-order valence-electron chi connectivity index (χ4n) is 3.84. The van der Waals surface area contributed by atoms with Gasteiger partial charge in [-0.2, -0.15) is 0 Å². The number of methoxy groups -OCH3 is 1. The number of ether oxygens (including phenoxy) is 1. The smallest absolute Gasteiger partial charge is 0.252 e. The van der Waals surface area contributed by atoms with Crippen molar-refractivity contribution in [3.63, 3.8) is 0 Å². The van der Waals surface area contributed by atoms with Gasteiger partial charge in [0.25, 0.3) is 5.91 Å². The van der Waals surface area contributed by atoms with E-state index in [1.807, 2.05) is 36.4 Å². The number of aryl methyl sites for hydroxylation is 1. The predicted molar refractivity (Wildman–Crippen MR) is 106 cm³/mol. The molecule has 142 valence electrons. The second kappa shape index (κ2) is 8.38. The maximum absolute atomic E-state index is 13.5. The molecular weight excluding hydrogens is 338 g/mol. The van der Waals surface area contributed by atoms with Gasteiger partial charge in [0.1, 0.15) is 11.3 Å².